The number of rotatable bonds is 3. The van der Waals surface area contributed by atoms with Crippen LogP contribution < -0.4 is 5.32 Å². The van der Waals surface area contributed by atoms with E-state index in [0.29, 0.717) is 23.5 Å². The van der Waals surface area contributed by atoms with Crippen LogP contribution in [0.4, 0.5) is 0 Å². The zero-order valence-electron chi connectivity index (χ0n) is 9.82. The summed E-state index contributed by atoms with van der Waals surface area (Å²) < 4.78 is 26.9. The number of halogens is 2. The van der Waals surface area contributed by atoms with Crippen molar-refractivity contribution in [1.29, 1.82) is 0 Å². The smallest absolute Gasteiger partial charge is 0.245 e. The monoisotopic (exact) mass is 328 g/mol. The first-order valence-electron chi connectivity index (χ1n) is 5.57. The zero-order chi connectivity index (χ0) is 13.3. The molecule has 2 heterocycles. The normalized spacial score (nSPS) is 19.3. The Balaban J connectivity index is 2.20. The Morgan fingerprint density at radius 3 is 2.44 bits per heavy atom. The van der Waals surface area contributed by atoms with Gasteiger partial charge in [-0.15, -0.1) is 11.3 Å². The fraction of sp³-hybridized carbons (Fsp3) is 0.600. The molecule has 1 aliphatic heterocycles. The molecular formula is C10H14Cl2N2O2S2. The molecule has 1 fully saturated rings. The molecule has 18 heavy (non-hydrogen) atoms. The summed E-state index contributed by atoms with van der Waals surface area (Å²) in [5.41, 5.74) is 0. The number of nitrogens with one attached hydrogen (secondary N) is 1. The molecule has 1 saturated heterocycles. The van der Waals surface area contributed by atoms with Crippen LogP contribution in [0.25, 0.3) is 0 Å². The Labute approximate surface area is 121 Å². The molecule has 4 nitrogen and oxygen atoms in total. The van der Waals surface area contributed by atoms with E-state index >= 15 is 0 Å². The summed E-state index contributed by atoms with van der Waals surface area (Å²) in [4.78, 5) is 0.127. The topological polar surface area (TPSA) is 49.4 Å². The van der Waals surface area contributed by atoms with E-state index in [1.807, 2.05) is 7.05 Å². The van der Waals surface area contributed by atoms with Crippen molar-refractivity contribution in [2.24, 2.45) is 0 Å². The number of hydrogen-bond acceptors (Lipinski definition) is 4. The van der Waals surface area contributed by atoms with Gasteiger partial charge in [0.15, 0.2) is 0 Å². The van der Waals surface area contributed by atoms with Gasteiger partial charge in [-0.05, 0) is 26.0 Å². The quantitative estimate of drug-likeness (QED) is 0.927. The lowest BCUT2D eigenvalue weighted by molar-refractivity contribution is 0.298. The fourth-order valence-electron chi connectivity index (χ4n) is 2.02. The Kier molecular flexibility index (Phi) is 4.57. The van der Waals surface area contributed by atoms with E-state index in [4.69, 9.17) is 23.2 Å². The van der Waals surface area contributed by atoms with Gasteiger partial charge in [0, 0.05) is 19.1 Å². The molecule has 0 amide bonds. The molecule has 1 aromatic heterocycles. The van der Waals surface area contributed by atoms with Crippen LogP contribution in [0.3, 0.4) is 0 Å². The highest BCUT2D eigenvalue weighted by Gasteiger charge is 2.31. The van der Waals surface area contributed by atoms with Crippen molar-refractivity contribution < 1.29 is 8.42 Å². The van der Waals surface area contributed by atoms with Crippen molar-refractivity contribution >= 4 is 44.6 Å². The largest absolute Gasteiger partial charge is 0.317 e. The van der Waals surface area contributed by atoms with Gasteiger partial charge in [0.05, 0.1) is 4.34 Å². The van der Waals surface area contributed by atoms with Crippen molar-refractivity contribution in [3.8, 4) is 0 Å². The molecule has 102 valence electrons. The van der Waals surface area contributed by atoms with Crippen LogP contribution in [0, 0.1) is 0 Å². The highest BCUT2D eigenvalue weighted by atomic mass is 35.5. The maximum absolute atomic E-state index is 12.4. The van der Waals surface area contributed by atoms with Gasteiger partial charge in [-0.1, -0.05) is 23.2 Å². The summed E-state index contributed by atoms with van der Waals surface area (Å²) in [6.07, 6.45) is 1.62. The van der Waals surface area contributed by atoms with E-state index in [2.05, 4.69) is 5.32 Å². The Morgan fingerprint density at radius 1 is 1.39 bits per heavy atom. The number of piperidine rings is 1. The molecule has 0 aliphatic carbocycles. The van der Waals surface area contributed by atoms with Crippen LogP contribution in [0.2, 0.25) is 8.67 Å². The molecule has 1 aromatic rings. The minimum Gasteiger partial charge on any atom is -0.317 e. The fourth-order valence-corrected chi connectivity index (χ4v) is 5.61. The molecule has 8 heteroatoms. The summed E-state index contributed by atoms with van der Waals surface area (Å²) in [5, 5.41) is 3.16. The van der Waals surface area contributed by atoms with Gasteiger partial charge in [0.2, 0.25) is 10.0 Å². The van der Waals surface area contributed by atoms with Gasteiger partial charge in [0.1, 0.15) is 9.23 Å². The minimum atomic E-state index is -3.50. The average molecular weight is 329 g/mol. The van der Waals surface area contributed by atoms with Crippen molar-refractivity contribution in [3.05, 3.63) is 14.7 Å². The predicted molar refractivity (Wildman–Crippen MR) is 75.2 cm³/mol. The second-order valence-electron chi connectivity index (χ2n) is 4.16. The minimum absolute atomic E-state index is 0.127. The van der Waals surface area contributed by atoms with Gasteiger partial charge in [-0.3, -0.25) is 0 Å². The summed E-state index contributed by atoms with van der Waals surface area (Å²) >= 11 is 12.8. The Bertz CT molecular complexity index is 522. The molecular weight excluding hydrogens is 315 g/mol. The van der Waals surface area contributed by atoms with Gasteiger partial charge in [-0.25, -0.2) is 8.42 Å². The SMILES string of the molecule is CNC1CCN(S(=O)(=O)c2cc(Cl)sc2Cl)CC1. The van der Waals surface area contributed by atoms with E-state index < -0.39 is 10.0 Å². The average Bonchev–Trinajstić information content (AvgIpc) is 2.69. The third-order valence-electron chi connectivity index (χ3n) is 3.11. The molecule has 2 rings (SSSR count). The van der Waals surface area contributed by atoms with Crippen molar-refractivity contribution in [3.63, 3.8) is 0 Å². The first kappa shape index (κ1) is 14.6. The maximum Gasteiger partial charge on any atom is 0.245 e. The van der Waals surface area contributed by atoms with Crippen LogP contribution in [0.1, 0.15) is 12.8 Å². The molecule has 0 unspecified atom stereocenters. The van der Waals surface area contributed by atoms with E-state index in [1.54, 1.807) is 0 Å². The standard InChI is InChI=1S/C10H14Cl2N2O2S2/c1-13-7-2-4-14(5-3-7)18(15,16)8-6-9(11)17-10(8)12/h6-7,13H,2-5H2,1H3. The van der Waals surface area contributed by atoms with E-state index in [-0.39, 0.29) is 9.23 Å². The molecule has 0 atom stereocenters. The van der Waals surface area contributed by atoms with Crippen LogP contribution in [-0.2, 0) is 10.0 Å². The van der Waals surface area contributed by atoms with Crippen LogP contribution in [0.15, 0.2) is 11.0 Å². The van der Waals surface area contributed by atoms with Gasteiger partial charge in [-0.2, -0.15) is 4.31 Å². The van der Waals surface area contributed by atoms with Gasteiger partial charge in [0.25, 0.3) is 0 Å². The van der Waals surface area contributed by atoms with E-state index in [1.165, 1.54) is 10.4 Å². The molecule has 0 saturated carbocycles. The lowest BCUT2D eigenvalue weighted by Gasteiger charge is -2.30. The number of sulfonamides is 1. The molecule has 0 radical (unpaired) electrons. The van der Waals surface area contributed by atoms with Crippen molar-refractivity contribution in [2.75, 3.05) is 20.1 Å². The number of nitrogens with zero attached hydrogens (tertiary/aromatic N) is 1. The molecule has 0 spiro atoms. The maximum atomic E-state index is 12.4. The highest BCUT2D eigenvalue weighted by molar-refractivity contribution is 7.89. The Hall–Kier alpha value is 0.150. The van der Waals surface area contributed by atoms with E-state index in [0.717, 1.165) is 24.2 Å². The zero-order valence-corrected chi connectivity index (χ0v) is 13.0. The summed E-state index contributed by atoms with van der Waals surface area (Å²) in [6.45, 7) is 1.02. The first-order chi connectivity index (χ1) is 8.45. The van der Waals surface area contributed by atoms with Crippen LogP contribution in [0.5, 0.6) is 0 Å². The Morgan fingerprint density at radius 2 is 2.00 bits per heavy atom. The van der Waals surface area contributed by atoms with Gasteiger partial charge >= 0.3 is 0 Å². The van der Waals surface area contributed by atoms with E-state index in [9.17, 15) is 8.42 Å². The molecule has 1 aliphatic rings. The predicted octanol–water partition coefficient (Wildman–Crippen LogP) is 2.43. The first-order valence-corrected chi connectivity index (χ1v) is 8.58. The second kappa shape index (κ2) is 5.64. The summed E-state index contributed by atoms with van der Waals surface area (Å²) in [7, 11) is -1.61. The number of thiophene rings is 1. The van der Waals surface area contributed by atoms with Crippen molar-refractivity contribution in [2.45, 2.75) is 23.8 Å². The molecule has 0 bridgehead atoms. The second-order valence-corrected chi connectivity index (χ2v) is 8.35. The molecule has 0 aromatic carbocycles. The summed E-state index contributed by atoms with van der Waals surface area (Å²) in [5.74, 6) is 0. The lowest BCUT2D eigenvalue weighted by Crippen LogP contribution is -2.43. The van der Waals surface area contributed by atoms with Crippen LogP contribution >= 0.6 is 34.5 Å². The third-order valence-corrected chi connectivity index (χ3v) is 6.76. The van der Waals surface area contributed by atoms with Crippen LogP contribution in [-0.4, -0.2) is 38.9 Å². The molecule has 1 N–H and O–H groups in total. The third kappa shape index (κ3) is 2.84. The highest BCUT2D eigenvalue weighted by Crippen LogP contribution is 2.36. The number of hydrogen-bond donors (Lipinski definition) is 1. The van der Waals surface area contributed by atoms with Gasteiger partial charge < -0.3 is 5.32 Å². The summed E-state index contributed by atoms with van der Waals surface area (Å²) in [6, 6.07) is 1.81. The van der Waals surface area contributed by atoms with Crippen molar-refractivity contribution in [1.82, 2.24) is 9.62 Å². The lowest BCUT2D eigenvalue weighted by atomic mass is 10.1.